The monoisotopic (exact) mass is 279 g/mol. The van der Waals surface area contributed by atoms with E-state index < -0.39 is 5.97 Å². The molecule has 0 bridgehead atoms. The van der Waals surface area contributed by atoms with Crippen LogP contribution in [0.25, 0.3) is 17.8 Å². The number of aromatic carboxylic acids is 1. The van der Waals surface area contributed by atoms with E-state index in [4.69, 9.17) is 5.11 Å². The molecule has 1 N–H and O–H groups in total. The summed E-state index contributed by atoms with van der Waals surface area (Å²) in [6, 6.07) is 11.1. The van der Waals surface area contributed by atoms with Crippen LogP contribution in [0.4, 0.5) is 0 Å². The quantitative estimate of drug-likeness (QED) is 0.800. The predicted octanol–water partition coefficient (Wildman–Crippen LogP) is 2.91. The zero-order chi connectivity index (χ0) is 14.8. The third-order valence-electron chi connectivity index (χ3n) is 3.18. The standard InChI is InChI=1S/C16H13N3O2/c1-11-4-2-3-5-12(11)6-7-13-10-19-15(17-13)9-8-14(18-19)16(20)21/h2-10H,1H3,(H,20,21). The lowest BCUT2D eigenvalue weighted by molar-refractivity contribution is 0.0689. The van der Waals surface area contributed by atoms with E-state index in [0.717, 1.165) is 11.3 Å². The Morgan fingerprint density at radius 2 is 2.00 bits per heavy atom. The summed E-state index contributed by atoms with van der Waals surface area (Å²) in [5.41, 5.74) is 3.64. The highest BCUT2D eigenvalue weighted by atomic mass is 16.4. The van der Waals surface area contributed by atoms with Crippen LogP contribution >= 0.6 is 0 Å². The van der Waals surface area contributed by atoms with E-state index in [1.165, 1.54) is 16.1 Å². The second-order valence-corrected chi connectivity index (χ2v) is 4.68. The number of hydrogen-bond acceptors (Lipinski definition) is 3. The van der Waals surface area contributed by atoms with E-state index in [9.17, 15) is 4.79 Å². The molecule has 0 atom stereocenters. The van der Waals surface area contributed by atoms with Crippen molar-refractivity contribution in [2.24, 2.45) is 0 Å². The molecular weight excluding hydrogens is 266 g/mol. The van der Waals surface area contributed by atoms with Gasteiger partial charge in [-0.25, -0.2) is 14.3 Å². The first-order chi connectivity index (χ1) is 10.1. The van der Waals surface area contributed by atoms with Crippen molar-refractivity contribution in [1.82, 2.24) is 14.6 Å². The topological polar surface area (TPSA) is 67.5 Å². The summed E-state index contributed by atoms with van der Waals surface area (Å²) in [5, 5.41) is 12.9. The lowest BCUT2D eigenvalue weighted by Crippen LogP contribution is -2.03. The molecule has 5 heteroatoms. The van der Waals surface area contributed by atoms with Gasteiger partial charge < -0.3 is 5.11 Å². The molecule has 0 radical (unpaired) electrons. The molecule has 0 amide bonds. The van der Waals surface area contributed by atoms with Crippen LogP contribution in [0.15, 0.2) is 42.6 Å². The van der Waals surface area contributed by atoms with Crippen LogP contribution in [-0.2, 0) is 0 Å². The number of hydrogen-bond donors (Lipinski definition) is 1. The molecule has 3 rings (SSSR count). The van der Waals surface area contributed by atoms with Gasteiger partial charge in [0.1, 0.15) is 0 Å². The van der Waals surface area contributed by atoms with Crippen molar-refractivity contribution in [3.63, 3.8) is 0 Å². The van der Waals surface area contributed by atoms with Crippen LogP contribution in [0.5, 0.6) is 0 Å². The van der Waals surface area contributed by atoms with E-state index in [1.54, 1.807) is 12.3 Å². The van der Waals surface area contributed by atoms with Gasteiger partial charge in [-0.05, 0) is 36.3 Å². The van der Waals surface area contributed by atoms with Crippen molar-refractivity contribution in [1.29, 1.82) is 0 Å². The molecule has 1 aromatic carbocycles. The average Bonchev–Trinajstić information content (AvgIpc) is 2.88. The molecule has 3 aromatic rings. The normalized spacial score (nSPS) is 11.3. The molecule has 0 saturated carbocycles. The van der Waals surface area contributed by atoms with Crippen LogP contribution in [-0.4, -0.2) is 25.7 Å². The van der Waals surface area contributed by atoms with Crippen LogP contribution in [0.2, 0.25) is 0 Å². The van der Waals surface area contributed by atoms with Crippen LogP contribution in [0, 0.1) is 6.92 Å². The first kappa shape index (κ1) is 13.1. The summed E-state index contributed by atoms with van der Waals surface area (Å²) < 4.78 is 1.47. The molecule has 0 spiro atoms. The fourth-order valence-corrected chi connectivity index (χ4v) is 2.04. The molecule has 104 valence electrons. The lowest BCUT2D eigenvalue weighted by atomic mass is 10.1. The summed E-state index contributed by atoms with van der Waals surface area (Å²) in [6.07, 6.45) is 5.57. The Balaban J connectivity index is 1.95. The average molecular weight is 279 g/mol. The zero-order valence-corrected chi connectivity index (χ0v) is 11.4. The molecule has 0 fully saturated rings. The van der Waals surface area contributed by atoms with E-state index >= 15 is 0 Å². The molecule has 0 aliphatic heterocycles. The van der Waals surface area contributed by atoms with Crippen molar-refractivity contribution < 1.29 is 9.90 Å². The highest BCUT2D eigenvalue weighted by molar-refractivity contribution is 5.85. The number of carboxylic acid groups (broad SMARTS) is 1. The highest BCUT2D eigenvalue weighted by Gasteiger charge is 2.07. The fraction of sp³-hybridized carbons (Fsp3) is 0.0625. The third kappa shape index (κ3) is 2.67. The number of carbonyl (C=O) groups is 1. The minimum absolute atomic E-state index is 0.00525. The van der Waals surface area contributed by atoms with Gasteiger partial charge in [-0.1, -0.05) is 30.3 Å². The molecule has 21 heavy (non-hydrogen) atoms. The predicted molar refractivity (Wildman–Crippen MR) is 80.1 cm³/mol. The number of aryl methyl sites for hydroxylation is 1. The first-order valence-corrected chi connectivity index (χ1v) is 6.47. The van der Waals surface area contributed by atoms with Crippen molar-refractivity contribution in [2.45, 2.75) is 6.92 Å². The molecule has 0 saturated heterocycles. The van der Waals surface area contributed by atoms with Gasteiger partial charge in [-0.3, -0.25) is 0 Å². The maximum atomic E-state index is 10.9. The van der Waals surface area contributed by atoms with Gasteiger partial charge >= 0.3 is 5.97 Å². The Bertz CT molecular complexity index is 850. The van der Waals surface area contributed by atoms with E-state index in [0.29, 0.717) is 5.65 Å². The zero-order valence-electron chi connectivity index (χ0n) is 11.4. The molecule has 0 aliphatic rings. The van der Waals surface area contributed by atoms with Gasteiger partial charge in [0.15, 0.2) is 11.3 Å². The Morgan fingerprint density at radius 1 is 1.19 bits per heavy atom. The van der Waals surface area contributed by atoms with Gasteiger partial charge in [-0.2, -0.15) is 5.10 Å². The smallest absolute Gasteiger partial charge is 0.356 e. The number of rotatable bonds is 3. The SMILES string of the molecule is Cc1ccccc1C=Cc1cn2nc(C(=O)O)ccc2n1. The van der Waals surface area contributed by atoms with Gasteiger partial charge in [0.2, 0.25) is 0 Å². The van der Waals surface area contributed by atoms with Crippen molar-refractivity contribution in [2.75, 3.05) is 0 Å². The summed E-state index contributed by atoms with van der Waals surface area (Å²) >= 11 is 0. The van der Waals surface area contributed by atoms with E-state index in [1.807, 2.05) is 43.3 Å². The third-order valence-corrected chi connectivity index (χ3v) is 3.18. The lowest BCUT2D eigenvalue weighted by Gasteiger charge is -1.97. The molecule has 0 unspecified atom stereocenters. The van der Waals surface area contributed by atoms with Gasteiger partial charge in [0.25, 0.3) is 0 Å². The number of fused-ring (bicyclic) bond motifs is 1. The maximum absolute atomic E-state index is 10.9. The molecule has 0 aliphatic carbocycles. The number of aromatic nitrogens is 3. The minimum Gasteiger partial charge on any atom is -0.476 e. The first-order valence-electron chi connectivity index (χ1n) is 6.47. The molecular formula is C16H13N3O2. The van der Waals surface area contributed by atoms with Crippen molar-refractivity contribution in [3.05, 3.63) is 65.1 Å². The molecule has 5 nitrogen and oxygen atoms in total. The van der Waals surface area contributed by atoms with Gasteiger partial charge in [0, 0.05) is 0 Å². The molecule has 2 aromatic heterocycles. The molecule has 2 heterocycles. The number of benzene rings is 1. The summed E-state index contributed by atoms with van der Waals surface area (Å²) in [7, 11) is 0. The Morgan fingerprint density at radius 3 is 2.76 bits per heavy atom. The Kier molecular flexibility index (Phi) is 3.23. The highest BCUT2D eigenvalue weighted by Crippen LogP contribution is 2.12. The minimum atomic E-state index is -1.05. The van der Waals surface area contributed by atoms with Crippen LogP contribution in [0.3, 0.4) is 0 Å². The second kappa shape index (κ2) is 5.20. The van der Waals surface area contributed by atoms with Crippen molar-refractivity contribution in [3.8, 4) is 0 Å². The number of carboxylic acids is 1. The van der Waals surface area contributed by atoms with Gasteiger partial charge in [-0.15, -0.1) is 0 Å². The van der Waals surface area contributed by atoms with Crippen LogP contribution < -0.4 is 0 Å². The number of imidazole rings is 1. The van der Waals surface area contributed by atoms with E-state index in [2.05, 4.69) is 10.1 Å². The summed E-state index contributed by atoms with van der Waals surface area (Å²) in [4.78, 5) is 15.3. The summed E-state index contributed by atoms with van der Waals surface area (Å²) in [6.45, 7) is 2.05. The second-order valence-electron chi connectivity index (χ2n) is 4.68. The largest absolute Gasteiger partial charge is 0.476 e. The Hall–Kier alpha value is -2.95. The van der Waals surface area contributed by atoms with Crippen LogP contribution in [0.1, 0.15) is 27.3 Å². The van der Waals surface area contributed by atoms with Crippen molar-refractivity contribution >= 4 is 23.8 Å². The van der Waals surface area contributed by atoms with Gasteiger partial charge in [0.05, 0.1) is 11.9 Å². The maximum Gasteiger partial charge on any atom is 0.356 e. The van der Waals surface area contributed by atoms with E-state index in [-0.39, 0.29) is 5.69 Å². The Labute approximate surface area is 121 Å². The summed E-state index contributed by atoms with van der Waals surface area (Å²) in [5.74, 6) is -1.05. The fourth-order valence-electron chi connectivity index (χ4n) is 2.04. The number of nitrogens with zero attached hydrogens (tertiary/aromatic N) is 3.